The second-order valence-electron chi connectivity index (χ2n) is 2.33. The average Bonchev–Trinajstić information content (AvgIpc) is 2.01. The Morgan fingerprint density at radius 3 is 2.64 bits per heavy atom. The van der Waals surface area contributed by atoms with Crippen molar-refractivity contribution in [2.45, 2.75) is 12.9 Å². The van der Waals surface area contributed by atoms with Crippen LogP contribution in [0.15, 0.2) is 12.3 Å². The van der Waals surface area contributed by atoms with E-state index in [-0.39, 0.29) is 17.9 Å². The van der Waals surface area contributed by atoms with Crippen LogP contribution in [0.2, 0.25) is 0 Å². The molecule has 1 aromatic heterocycles. The summed E-state index contributed by atoms with van der Waals surface area (Å²) in [5.74, 6) is -0.292. The van der Waals surface area contributed by atoms with Crippen molar-refractivity contribution in [2.75, 3.05) is 0 Å². The maximum absolute atomic E-state index is 11.9. The van der Waals surface area contributed by atoms with Crippen LogP contribution in [0.25, 0.3) is 0 Å². The van der Waals surface area contributed by atoms with Gasteiger partial charge in [-0.15, -0.1) is 13.2 Å². The summed E-state index contributed by atoms with van der Waals surface area (Å²) in [5, 5.41) is 0. The summed E-state index contributed by atoms with van der Waals surface area (Å²) in [6.45, 7) is -0.0441. The molecule has 0 radical (unpaired) electrons. The van der Waals surface area contributed by atoms with E-state index in [9.17, 15) is 13.2 Å². The normalized spacial score (nSPS) is 11.5. The van der Waals surface area contributed by atoms with E-state index in [2.05, 4.69) is 9.72 Å². The summed E-state index contributed by atoms with van der Waals surface area (Å²) < 4.78 is 39.9. The Hall–Kier alpha value is -0.570. The fourth-order valence-electron chi connectivity index (χ4n) is 0.856. The van der Waals surface area contributed by atoms with Crippen LogP contribution in [-0.4, -0.2) is 11.3 Å². The maximum Gasteiger partial charge on any atom is 0.573 e. The summed E-state index contributed by atoms with van der Waals surface area (Å²) in [5.41, 5.74) is 5.53. The fraction of sp³-hybridized carbons (Fsp3) is 0.286. The van der Waals surface area contributed by atoms with Crippen LogP contribution in [0, 0.1) is 3.70 Å². The highest BCUT2D eigenvalue weighted by Gasteiger charge is 2.32. The first-order valence-electron chi connectivity index (χ1n) is 3.53. The molecule has 0 aliphatic rings. The van der Waals surface area contributed by atoms with Gasteiger partial charge in [0, 0.05) is 18.3 Å². The molecule has 0 amide bonds. The highest BCUT2D eigenvalue weighted by atomic mass is 127. The Bertz CT molecular complexity index is 329. The van der Waals surface area contributed by atoms with E-state index in [1.807, 2.05) is 0 Å². The molecule has 0 aliphatic heterocycles. The lowest BCUT2D eigenvalue weighted by molar-refractivity contribution is -0.274. The molecule has 2 N–H and O–H groups in total. The molecule has 0 spiro atoms. The predicted molar refractivity (Wildman–Crippen MR) is 51.5 cm³/mol. The van der Waals surface area contributed by atoms with Crippen molar-refractivity contribution in [1.82, 2.24) is 4.98 Å². The van der Waals surface area contributed by atoms with Crippen molar-refractivity contribution in [3.05, 3.63) is 21.5 Å². The number of rotatable bonds is 2. The zero-order valence-corrected chi connectivity index (χ0v) is 8.96. The van der Waals surface area contributed by atoms with Crippen molar-refractivity contribution in [2.24, 2.45) is 5.73 Å². The van der Waals surface area contributed by atoms with Crippen LogP contribution in [-0.2, 0) is 6.54 Å². The topological polar surface area (TPSA) is 48.1 Å². The molecular weight excluding hydrogens is 312 g/mol. The van der Waals surface area contributed by atoms with Gasteiger partial charge in [0.2, 0.25) is 0 Å². The number of aromatic nitrogens is 1. The van der Waals surface area contributed by atoms with E-state index in [1.165, 1.54) is 6.20 Å². The second kappa shape index (κ2) is 4.30. The van der Waals surface area contributed by atoms with Gasteiger partial charge in [-0.1, -0.05) is 0 Å². The zero-order chi connectivity index (χ0) is 10.8. The van der Waals surface area contributed by atoms with Gasteiger partial charge in [0.05, 0.1) is 0 Å². The molecule has 0 aliphatic carbocycles. The van der Waals surface area contributed by atoms with Crippen molar-refractivity contribution in [3.8, 4) is 5.75 Å². The van der Waals surface area contributed by atoms with Gasteiger partial charge in [-0.3, -0.25) is 0 Å². The Morgan fingerprint density at radius 2 is 2.14 bits per heavy atom. The lowest BCUT2D eigenvalue weighted by Crippen LogP contribution is -2.19. The van der Waals surface area contributed by atoms with Crippen LogP contribution < -0.4 is 10.5 Å². The molecule has 1 rings (SSSR count). The minimum atomic E-state index is -4.70. The van der Waals surface area contributed by atoms with Crippen LogP contribution >= 0.6 is 22.6 Å². The zero-order valence-electron chi connectivity index (χ0n) is 6.81. The maximum atomic E-state index is 11.9. The molecular formula is C7H6F3IN2O. The van der Waals surface area contributed by atoms with E-state index in [4.69, 9.17) is 5.73 Å². The van der Waals surface area contributed by atoms with E-state index in [1.54, 1.807) is 22.6 Å². The second-order valence-corrected chi connectivity index (χ2v) is 3.35. The number of ether oxygens (including phenoxy) is 1. The molecule has 14 heavy (non-hydrogen) atoms. The Morgan fingerprint density at radius 1 is 1.50 bits per heavy atom. The minimum Gasteiger partial charge on any atom is -0.405 e. The lowest BCUT2D eigenvalue weighted by atomic mass is 10.2. The summed E-state index contributed by atoms with van der Waals surface area (Å²) in [7, 11) is 0. The summed E-state index contributed by atoms with van der Waals surface area (Å²) >= 11 is 1.80. The van der Waals surface area contributed by atoms with Gasteiger partial charge in [0.1, 0.15) is 9.45 Å². The molecule has 1 heterocycles. The number of hydrogen-bond donors (Lipinski definition) is 1. The molecule has 78 valence electrons. The smallest absolute Gasteiger partial charge is 0.405 e. The molecule has 0 atom stereocenters. The summed E-state index contributed by atoms with van der Waals surface area (Å²) in [6.07, 6.45) is -3.46. The van der Waals surface area contributed by atoms with E-state index in [0.29, 0.717) is 3.70 Å². The highest BCUT2D eigenvalue weighted by molar-refractivity contribution is 14.1. The largest absolute Gasteiger partial charge is 0.573 e. The van der Waals surface area contributed by atoms with Gasteiger partial charge in [-0.2, -0.15) is 0 Å². The molecule has 0 saturated carbocycles. The number of nitrogens with two attached hydrogens (primary N) is 1. The van der Waals surface area contributed by atoms with Gasteiger partial charge in [-0.05, 0) is 28.7 Å². The number of hydrogen-bond acceptors (Lipinski definition) is 3. The lowest BCUT2D eigenvalue weighted by Gasteiger charge is -2.12. The monoisotopic (exact) mass is 318 g/mol. The molecule has 0 fully saturated rings. The molecule has 0 unspecified atom stereocenters. The third kappa shape index (κ3) is 2.98. The standard InChI is InChI=1S/C7H6F3IN2O/c8-7(9,10)14-5-1-2-13-6(11)4(5)3-12/h1-2H,3,12H2. The average molecular weight is 318 g/mol. The highest BCUT2D eigenvalue weighted by Crippen LogP contribution is 2.27. The molecule has 3 nitrogen and oxygen atoms in total. The molecule has 7 heteroatoms. The third-order valence-corrected chi connectivity index (χ3v) is 2.32. The van der Waals surface area contributed by atoms with Crippen molar-refractivity contribution < 1.29 is 17.9 Å². The van der Waals surface area contributed by atoms with Crippen molar-refractivity contribution in [1.29, 1.82) is 0 Å². The van der Waals surface area contributed by atoms with E-state index in [0.717, 1.165) is 6.07 Å². The quantitative estimate of drug-likeness (QED) is 0.671. The van der Waals surface area contributed by atoms with Gasteiger partial charge in [0.25, 0.3) is 0 Å². The fourth-order valence-corrected chi connectivity index (χ4v) is 1.50. The first-order chi connectivity index (χ1) is 6.44. The first-order valence-corrected chi connectivity index (χ1v) is 4.61. The number of alkyl halides is 3. The Labute approximate surface area is 91.6 Å². The Kier molecular flexibility index (Phi) is 3.53. The van der Waals surface area contributed by atoms with Gasteiger partial charge in [-0.25, -0.2) is 4.98 Å². The SMILES string of the molecule is NCc1c(OC(F)(F)F)ccnc1I. The van der Waals surface area contributed by atoms with Gasteiger partial charge < -0.3 is 10.5 Å². The third-order valence-electron chi connectivity index (χ3n) is 1.39. The van der Waals surface area contributed by atoms with Gasteiger partial charge >= 0.3 is 6.36 Å². The van der Waals surface area contributed by atoms with Crippen LogP contribution in [0.1, 0.15) is 5.56 Å². The van der Waals surface area contributed by atoms with Crippen molar-refractivity contribution in [3.63, 3.8) is 0 Å². The van der Waals surface area contributed by atoms with Crippen LogP contribution in [0.3, 0.4) is 0 Å². The number of halogens is 4. The summed E-state index contributed by atoms with van der Waals surface area (Å²) in [6, 6.07) is 1.14. The minimum absolute atomic E-state index is 0.0441. The molecule has 0 saturated heterocycles. The Balaban J connectivity index is 3.02. The first kappa shape index (κ1) is 11.5. The van der Waals surface area contributed by atoms with E-state index >= 15 is 0 Å². The van der Waals surface area contributed by atoms with E-state index < -0.39 is 6.36 Å². The molecule has 0 bridgehead atoms. The summed E-state index contributed by atoms with van der Waals surface area (Å²) in [4.78, 5) is 3.80. The molecule has 0 aromatic carbocycles. The van der Waals surface area contributed by atoms with Gasteiger partial charge in [0.15, 0.2) is 0 Å². The van der Waals surface area contributed by atoms with Crippen molar-refractivity contribution >= 4 is 22.6 Å². The molecule has 1 aromatic rings. The van der Waals surface area contributed by atoms with Crippen LogP contribution in [0.4, 0.5) is 13.2 Å². The number of nitrogens with zero attached hydrogens (tertiary/aromatic N) is 1. The van der Waals surface area contributed by atoms with Crippen LogP contribution in [0.5, 0.6) is 5.75 Å². The number of pyridine rings is 1. The predicted octanol–water partition coefficient (Wildman–Crippen LogP) is 2.04.